The Hall–Kier alpha value is -2.07. The molecular weight excluding hydrogens is 295 g/mol. The highest BCUT2D eigenvalue weighted by molar-refractivity contribution is 5.94. The Morgan fingerprint density at radius 2 is 2.14 bits per heavy atom. The summed E-state index contributed by atoms with van der Waals surface area (Å²) in [5.74, 6) is -0.374. The number of rotatable bonds is 2. The number of nitrogens with one attached hydrogen (secondary N) is 1. The molecule has 2 atom stereocenters. The van der Waals surface area contributed by atoms with Gasteiger partial charge in [0.15, 0.2) is 0 Å². The maximum absolute atomic E-state index is 12.8. The van der Waals surface area contributed by atoms with Crippen LogP contribution in [-0.4, -0.2) is 42.7 Å². The van der Waals surface area contributed by atoms with Gasteiger partial charge in [-0.2, -0.15) is 18.4 Å². The number of hydrogen-bond donors (Lipinski definition) is 1. The van der Waals surface area contributed by atoms with E-state index in [1.807, 2.05) is 6.07 Å². The molecule has 1 heterocycles. The highest BCUT2D eigenvalue weighted by atomic mass is 19.4. The Morgan fingerprint density at radius 1 is 1.41 bits per heavy atom. The van der Waals surface area contributed by atoms with Crippen LogP contribution in [-0.2, 0) is 0 Å². The van der Waals surface area contributed by atoms with Gasteiger partial charge in [0.05, 0.1) is 11.6 Å². The molecule has 1 aromatic rings. The molecule has 1 saturated heterocycles. The minimum atomic E-state index is -4.25. The predicted octanol–water partition coefficient (Wildman–Crippen LogP) is 2.31. The minimum Gasteiger partial charge on any atom is -0.348 e. The molecule has 0 aliphatic carbocycles. The zero-order chi connectivity index (χ0) is 16.3. The van der Waals surface area contributed by atoms with E-state index in [1.54, 1.807) is 18.2 Å². The van der Waals surface area contributed by atoms with E-state index in [-0.39, 0.29) is 31.3 Å². The normalized spacial score (nSPS) is 22.9. The van der Waals surface area contributed by atoms with Crippen molar-refractivity contribution in [2.24, 2.45) is 0 Å². The first-order chi connectivity index (χ1) is 10.3. The molecule has 22 heavy (non-hydrogen) atoms. The number of alkyl halides is 3. The maximum Gasteiger partial charge on any atom is 0.404 e. The van der Waals surface area contributed by atoms with E-state index in [0.717, 1.165) is 0 Å². The third kappa shape index (κ3) is 3.77. The number of carbonyl (C=O) groups excluding carboxylic acids is 1. The highest BCUT2D eigenvalue weighted by Crippen LogP contribution is 2.30. The van der Waals surface area contributed by atoms with Crippen molar-refractivity contribution >= 4 is 5.91 Å². The molecule has 118 valence electrons. The molecule has 4 nitrogen and oxygen atoms in total. The second kappa shape index (κ2) is 6.36. The van der Waals surface area contributed by atoms with Crippen LogP contribution >= 0.6 is 0 Å². The van der Waals surface area contributed by atoms with E-state index in [9.17, 15) is 18.0 Å². The van der Waals surface area contributed by atoms with Gasteiger partial charge in [-0.05, 0) is 38.1 Å². The van der Waals surface area contributed by atoms with Crippen molar-refractivity contribution in [3.8, 4) is 6.07 Å². The molecule has 2 rings (SSSR count). The van der Waals surface area contributed by atoms with E-state index < -0.39 is 12.2 Å². The second-order valence-electron chi connectivity index (χ2n) is 5.44. The Kier molecular flexibility index (Phi) is 4.71. The average Bonchev–Trinajstić information content (AvgIpc) is 2.46. The van der Waals surface area contributed by atoms with Crippen molar-refractivity contribution in [3.63, 3.8) is 0 Å². The average molecular weight is 311 g/mol. The summed E-state index contributed by atoms with van der Waals surface area (Å²) in [6.07, 6.45) is -4.01. The summed E-state index contributed by atoms with van der Waals surface area (Å²) in [5, 5.41) is 11.5. The Morgan fingerprint density at radius 3 is 2.73 bits per heavy atom. The van der Waals surface area contributed by atoms with Crippen molar-refractivity contribution in [1.82, 2.24) is 10.2 Å². The number of nitriles is 1. The largest absolute Gasteiger partial charge is 0.404 e. The zero-order valence-corrected chi connectivity index (χ0v) is 12.0. The van der Waals surface area contributed by atoms with Crippen LogP contribution < -0.4 is 5.32 Å². The van der Waals surface area contributed by atoms with Crippen LogP contribution in [0.4, 0.5) is 13.2 Å². The third-order valence-electron chi connectivity index (χ3n) is 3.80. The van der Waals surface area contributed by atoms with Crippen molar-refractivity contribution < 1.29 is 18.0 Å². The number of hydrogen-bond acceptors (Lipinski definition) is 3. The van der Waals surface area contributed by atoms with Crippen LogP contribution in [0, 0.1) is 11.3 Å². The van der Waals surface area contributed by atoms with Gasteiger partial charge in [0.1, 0.15) is 6.04 Å². The van der Waals surface area contributed by atoms with E-state index in [0.29, 0.717) is 11.1 Å². The van der Waals surface area contributed by atoms with Crippen LogP contribution in [0.5, 0.6) is 0 Å². The lowest BCUT2D eigenvalue weighted by Gasteiger charge is -2.38. The van der Waals surface area contributed by atoms with Gasteiger partial charge in [-0.15, -0.1) is 0 Å². The molecule has 1 N–H and O–H groups in total. The number of likely N-dealkylation sites (N-methyl/N-ethyl adjacent to an activating group) is 1. The van der Waals surface area contributed by atoms with Crippen LogP contribution in [0.3, 0.4) is 0 Å². The van der Waals surface area contributed by atoms with E-state index in [2.05, 4.69) is 5.32 Å². The lowest BCUT2D eigenvalue weighted by atomic mass is 9.98. The minimum absolute atomic E-state index is 0.0385. The monoisotopic (exact) mass is 311 g/mol. The summed E-state index contributed by atoms with van der Waals surface area (Å²) < 4.78 is 38.3. The predicted molar refractivity (Wildman–Crippen MR) is 74.1 cm³/mol. The van der Waals surface area contributed by atoms with Crippen molar-refractivity contribution in [2.45, 2.75) is 31.1 Å². The number of benzene rings is 1. The Balaban J connectivity index is 1.98. The number of piperidine rings is 1. The Labute approximate surface area is 126 Å². The SMILES string of the molecule is CN1C[C@@H](NC(=O)c2cccc(C#N)c2)CC[C@H]1C(F)(F)F. The van der Waals surface area contributed by atoms with Gasteiger partial charge in [0.25, 0.3) is 5.91 Å². The molecular formula is C15H16F3N3O. The number of halogens is 3. The highest BCUT2D eigenvalue weighted by Gasteiger charge is 2.44. The number of likely N-dealkylation sites (tertiary alicyclic amines) is 1. The molecule has 1 aliphatic rings. The quantitative estimate of drug-likeness (QED) is 0.912. The van der Waals surface area contributed by atoms with Crippen LogP contribution in [0.25, 0.3) is 0 Å². The Bertz CT molecular complexity index is 594. The number of nitrogens with zero attached hydrogens (tertiary/aromatic N) is 2. The van der Waals surface area contributed by atoms with E-state index in [4.69, 9.17) is 5.26 Å². The summed E-state index contributed by atoms with van der Waals surface area (Å²) in [4.78, 5) is 13.3. The van der Waals surface area contributed by atoms with Gasteiger partial charge in [-0.1, -0.05) is 6.07 Å². The molecule has 1 fully saturated rings. The second-order valence-corrected chi connectivity index (χ2v) is 5.44. The molecule has 7 heteroatoms. The van der Waals surface area contributed by atoms with Crippen LogP contribution in [0.15, 0.2) is 24.3 Å². The fourth-order valence-corrected chi connectivity index (χ4v) is 2.68. The molecule has 0 radical (unpaired) electrons. The van der Waals surface area contributed by atoms with Gasteiger partial charge in [0, 0.05) is 18.2 Å². The fourth-order valence-electron chi connectivity index (χ4n) is 2.68. The summed E-state index contributed by atoms with van der Waals surface area (Å²) >= 11 is 0. The van der Waals surface area contributed by atoms with Crippen LogP contribution in [0.2, 0.25) is 0 Å². The summed E-state index contributed by atoms with van der Waals surface area (Å²) in [6, 6.07) is 6.36. The number of amides is 1. The standard InChI is InChI=1S/C15H16F3N3O/c1-21-9-12(5-6-13(21)15(16,17)18)20-14(22)11-4-2-3-10(7-11)8-19/h2-4,7,12-13H,5-6,9H2,1H3,(H,20,22)/t12-,13-/m0/s1. The van der Waals surface area contributed by atoms with Gasteiger partial charge >= 0.3 is 6.18 Å². The zero-order valence-electron chi connectivity index (χ0n) is 12.0. The molecule has 0 aromatic heterocycles. The fraction of sp³-hybridized carbons (Fsp3) is 0.467. The topological polar surface area (TPSA) is 56.1 Å². The van der Waals surface area contributed by atoms with Gasteiger partial charge in [-0.25, -0.2) is 0 Å². The van der Waals surface area contributed by atoms with Gasteiger partial charge in [0.2, 0.25) is 0 Å². The first kappa shape index (κ1) is 16.3. The van der Waals surface area contributed by atoms with E-state index >= 15 is 0 Å². The maximum atomic E-state index is 12.8. The van der Waals surface area contributed by atoms with E-state index in [1.165, 1.54) is 18.0 Å². The molecule has 1 amide bonds. The molecule has 0 unspecified atom stereocenters. The van der Waals surface area contributed by atoms with Crippen LogP contribution in [0.1, 0.15) is 28.8 Å². The smallest absolute Gasteiger partial charge is 0.348 e. The third-order valence-corrected chi connectivity index (χ3v) is 3.80. The first-order valence-corrected chi connectivity index (χ1v) is 6.89. The molecule has 0 saturated carbocycles. The molecule has 1 aliphatic heterocycles. The lowest BCUT2D eigenvalue weighted by Crippen LogP contribution is -2.54. The molecule has 0 bridgehead atoms. The summed E-state index contributed by atoms with van der Waals surface area (Å²) in [6.45, 7) is 0.147. The van der Waals surface area contributed by atoms with Crippen molar-refractivity contribution in [3.05, 3.63) is 35.4 Å². The molecule has 1 aromatic carbocycles. The first-order valence-electron chi connectivity index (χ1n) is 6.89. The van der Waals surface area contributed by atoms with Crippen molar-refractivity contribution in [1.29, 1.82) is 5.26 Å². The van der Waals surface area contributed by atoms with Gasteiger partial charge < -0.3 is 5.32 Å². The van der Waals surface area contributed by atoms with Gasteiger partial charge in [-0.3, -0.25) is 9.69 Å². The molecule has 0 spiro atoms. The van der Waals surface area contributed by atoms with Crippen molar-refractivity contribution in [2.75, 3.05) is 13.6 Å². The lowest BCUT2D eigenvalue weighted by molar-refractivity contribution is -0.188. The summed E-state index contributed by atoms with van der Waals surface area (Å²) in [7, 11) is 1.41. The summed E-state index contributed by atoms with van der Waals surface area (Å²) in [5.41, 5.74) is 0.699. The number of carbonyl (C=O) groups is 1.